The van der Waals surface area contributed by atoms with Crippen molar-refractivity contribution in [3.63, 3.8) is 0 Å². The Morgan fingerprint density at radius 3 is 2.93 bits per heavy atom. The fraction of sp³-hybridized carbons (Fsp3) is 0.385. The molecule has 0 radical (unpaired) electrons. The van der Waals surface area contributed by atoms with E-state index >= 15 is 0 Å². The van der Waals surface area contributed by atoms with Crippen LogP contribution in [-0.2, 0) is 9.47 Å². The molecule has 0 fully saturated rings. The van der Waals surface area contributed by atoms with E-state index in [2.05, 4.69) is 25.7 Å². The molecule has 2 nitrogen and oxygen atoms in total. The number of rotatable bonds is 6. The highest BCUT2D eigenvalue weighted by atomic mass is 16.7. The van der Waals surface area contributed by atoms with Crippen LogP contribution >= 0.6 is 0 Å². The van der Waals surface area contributed by atoms with Crippen LogP contribution in [0.1, 0.15) is 19.8 Å². The van der Waals surface area contributed by atoms with Gasteiger partial charge >= 0.3 is 0 Å². The molecule has 0 aromatic rings. The lowest BCUT2D eigenvalue weighted by Gasteiger charge is -2.20. The first-order valence-electron chi connectivity index (χ1n) is 5.28. The molecule has 0 aliphatic carbocycles. The summed E-state index contributed by atoms with van der Waals surface area (Å²) < 4.78 is 10.9. The monoisotopic (exact) mass is 206 g/mol. The predicted octanol–water partition coefficient (Wildman–Crippen LogP) is 3.34. The van der Waals surface area contributed by atoms with Crippen molar-refractivity contribution >= 4 is 0 Å². The van der Waals surface area contributed by atoms with Crippen molar-refractivity contribution in [2.75, 3.05) is 0 Å². The van der Waals surface area contributed by atoms with Crippen LogP contribution in [0.15, 0.2) is 49.3 Å². The molecule has 0 N–H and O–H groups in total. The van der Waals surface area contributed by atoms with Crippen LogP contribution in [0.2, 0.25) is 0 Å². The first-order chi connectivity index (χ1) is 7.36. The minimum atomic E-state index is -0.284. The molecule has 0 aromatic heterocycles. The lowest BCUT2D eigenvalue weighted by Crippen LogP contribution is -2.20. The molecular weight excluding hydrogens is 188 g/mol. The maximum Gasteiger partial charge on any atom is 0.219 e. The van der Waals surface area contributed by atoms with E-state index in [1.807, 2.05) is 18.2 Å². The van der Waals surface area contributed by atoms with Gasteiger partial charge in [0.15, 0.2) is 0 Å². The highest BCUT2D eigenvalue weighted by Crippen LogP contribution is 2.10. The molecule has 2 unspecified atom stereocenters. The van der Waals surface area contributed by atoms with Crippen molar-refractivity contribution < 1.29 is 9.47 Å². The van der Waals surface area contributed by atoms with Gasteiger partial charge in [-0.2, -0.15) is 0 Å². The van der Waals surface area contributed by atoms with Gasteiger partial charge in [-0.3, -0.25) is 0 Å². The van der Waals surface area contributed by atoms with Crippen LogP contribution in [0.4, 0.5) is 0 Å². The van der Waals surface area contributed by atoms with E-state index in [-0.39, 0.29) is 12.4 Å². The van der Waals surface area contributed by atoms with Gasteiger partial charge in [0.1, 0.15) is 0 Å². The highest BCUT2D eigenvalue weighted by molar-refractivity contribution is 5.06. The molecule has 2 atom stereocenters. The van der Waals surface area contributed by atoms with E-state index in [1.54, 1.807) is 12.3 Å². The quantitative estimate of drug-likeness (QED) is 0.620. The zero-order chi connectivity index (χ0) is 10.9. The molecule has 82 valence electrons. The Morgan fingerprint density at radius 1 is 1.47 bits per heavy atom. The fourth-order valence-corrected chi connectivity index (χ4v) is 1.22. The van der Waals surface area contributed by atoms with E-state index in [1.165, 1.54) is 0 Å². The molecule has 0 bridgehead atoms. The third-order valence-corrected chi connectivity index (χ3v) is 2.01. The topological polar surface area (TPSA) is 18.5 Å². The van der Waals surface area contributed by atoms with Crippen LogP contribution in [0, 0.1) is 0 Å². The van der Waals surface area contributed by atoms with E-state index in [4.69, 9.17) is 9.47 Å². The Hall–Kier alpha value is -1.28. The Morgan fingerprint density at radius 2 is 2.33 bits per heavy atom. The minimum Gasteiger partial charge on any atom is -0.469 e. The molecule has 15 heavy (non-hydrogen) atoms. The predicted molar refractivity (Wildman–Crippen MR) is 62.3 cm³/mol. The third kappa shape index (κ3) is 4.66. The summed E-state index contributed by atoms with van der Waals surface area (Å²) in [5.74, 6) is 0. The molecule has 0 amide bonds. The second kappa shape index (κ2) is 7.07. The summed E-state index contributed by atoms with van der Waals surface area (Å²) in [5, 5.41) is 0. The van der Waals surface area contributed by atoms with E-state index in [0.29, 0.717) is 0 Å². The number of ether oxygens (including phenoxy) is 2. The molecule has 1 aliphatic rings. The smallest absolute Gasteiger partial charge is 0.219 e. The Bertz CT molecular complexity index is 264. The summed E-state index contributed by atoms with van der Waals surface area (Å²) >= 11 is 0. The average molecular weight is 206 g/mol. The number of hydrogen-bond donors (Lipinski definition) is 0. The zero-order valence-corrected chi connectivity index (χ0v) is 9.13. The Labute approximate surface area is 91.6 Å². The summed E-state index contributed by atoms with van der Waals surface area (Å²) in [5.41, 5.74) is 0. The second-order valence-electron chi connectivity index (χ2n) is 3.24. The Balaban J connectivity index is 2.32. The van der Waals surface area contributed by atoms with Gasteiger partial charge in [0.2, 0.25) is 6.29 Å². The van der Waals surface area contributed by atoms with Crippen molar-refractivity contribution in [2.24, 2.45) is 0 Å². The summed E-state index contributed by atoms with van der Waals surface area (Å²) in [6, 6.07) is 0. The lowest BCUT2D eigenvalue weighted by atomic mass is 10.2. The normalized spacial score (nSPS) is 21.5. The first-order valence-corrected chi connectivity index (χ1v) is 5.28. The van der Waals surface area contributed by atoms with Crippen LogP contribution in [0.5, 0.6) is 0 Å². The van der Waals surface area contributed by atoms with Gasteiger partial charge in [-0.05, 0) is 25.0 Å². The summed E-state index contributed by atoms with van der Waals surface area (Å²) in [7, 11) is 0. The van der Waals surface area contributed by atoms with Gasteiger partial charge in [-0.25, -0.2) is 0 Å². The molecule has 1 aliphatic heterocycles. The van der Waals surface area contributed by atoms with Gasteiger partial charge < -0.3 is 9.47 Å². The van der Waals surface area contributed by atoms with Gasteiger partial charge in [-0.1, -0.05) is 31.2 Å². The average Bonchev–Trinajstić information content (AvgIpc) is 2.29. The van der Waals surface area contributed by atoms with Gasteiger partial charge in [0.05, 0.1) is 12.4 Å². The summed E-state index contributed by atoms with van der Waals surface area (Å²) in [6.07, 6.45) is 14.9. The molecule has 1 heterocycles. The van der Waals surface area contributed by atoms with E-state index < -0.39 is 0 Å². The van der Waals surface area contributed by atoms with Gasteiger partial charge in [0.25, 0.3) is 0 Å². The molecule has 1 rings (SSSR count). The second-order valence-corrected chi connectivity index (χ2v) is 3.24. The maximum atomic E-state index is 5.66. The van der Waals surface area contributed by atoms with Crippen molar-refractivity contribution in [1.29, 1.82) is 0 Å². The first kappa shape index (κ1) is 11.8. The zero-order valence-electron chi connectivity index (χ0n) is 9.13. The molecule has 2 heteroatoms. The summed E-state index contributed by atoms with van der Waals surface area (Å²) in [4.78, 5) is 0. The van der Waals surface area contributed by atoms with Crippen LogP contribution in [-0.4, -0.2) is 12.4 Å². The van der Waals surface area contributed by atoms with Crippen LogP contribution in [0.25, 0.3) is 0 Å². The summed E-state index contributed by atoms with van der Waals surface area (Å²) in [6.45, 7) is 5.86. The van der Waals surface area contributed by atoms with Crippen molar-refractivity contribution in [3.05, 3.63) is 49.3 Å². The van der Waals surface area contributed by atoms with Gasteiger partial charge in [-0.15, -0.1) is 6.58 Å². The number of allylic oxidation sites excluding steroid dienone is 3. The number of hydrogen-bond acceptors (Lipinski definition) is 2. The van der Waals surface area contributed by atoms with E-state index in [0.717, 1.165) is 12.8 Å². The van der Waals surface area contributed by atoms with Crippen LogP contribution in [0.3, 0.4) is 0 Å². The van der Waals surface area contributed by atoms with Crippen molar-refractivity contribution in [1.82, 2.24) is 0 Å². The third-order valence-electron chi connectivity index (χ3n) is 2.01. The molecular formula is C13H18O2. The molecule has 0 saturated heterocycles. The SMILES string of the molecule is C=CC(CC=CCC)OC1C=CC=CO1. The lowest BCUT2D eigenvalue weighted by molar-refractivity contribution is -0.0964. The van der Waals surface area contributed by atoms with Gasteiger partial charge in [0, 0.05) is 0 Å². The molecule has 0 spiro atoms. The van der Waals surface area contributed by atoms with Crippen molar-refractivity contribution in [2.45, 2.75) is 32.2 Å². The van der Waals surface area contributed by atoms with E-state index in [9.17, 15) is 0 Å². The van der Waals surface area contributed by atoms with Crippen molar-refractivity contribution in [3.8, 4) is 0 Å². The van der Waals surface area contributed by atoms with Crippen LogP contribution < -0.4 is 0 Å². The fourth-order valence-electron chi connectivity index (χ4n) is 1.22. The molecule has 0 aromatic carbocycles. The maximum absolute atomic E-state index is 5.66. The molecule has 0 saturated carbocycles. The highest BCUT2D eigenvalue weighted by Gasteiger charge is 2.11. The largest absolute Gasteiger partial charge is 0.469 e. The Kier molecular flexibility index (Phi) is 5.56. The minimum absolute atomic E-state index is 0.00829. The standard InChI is InChI=1S/C13H18O2/c1-3-5-6-9-12(4-2)15-13-10-7-8-11-14-13/h4-8,10-13H,2-3,9H2,1H3.